The Morgan fingerprint density at radius 3 is 2.21 bits per heavy atom. The maximum absolute atomic E-state index is 12.5. The smallest absolute Gasteiger partial charge is 0.337 e. The Morgan fingerprint density at radius 1 is 1.07 bits per heavy atom. The van der Waals surface area contributed by atoms with Crippen LogP contribution in [0.15, 0.2) is 18.2 Å². The maximum atomic E-state index is 12.5. The van der Waals surface area contributed by atoms with E-state index in [0.29, 0.717) is 23.1 Å². The number of rotatable bonds is 9. The molecule has 1 amide bonds. The predicted molar refractivity (Wildman–Crippen MR) is 113 cm³/mol. The maximum Gasteiger partial charge on any atom is 0.337 e. The zero-order valence-electron chi connectivity index (χ0n) is 18.5. The lowest BCUT2D eigenvalue weighted by atomic mass is 9.76. The van der Waals surface area contributed by atoms with E-state index in [2.05, 4.69) is 31.0 Å². The number of methoxy groups -OCH3 is 1. The molecule has 1 radical (unpaired) electrons. The van der Waals surface area contributed by atoms with Crippen molar-refractivity contribution in [2.24, 2.45) is 5.41 Å². The first-order valence-electron chi connectivity index (χ1n) is 9.55. The molecule has 1 aromatic carbocycles. The SMILES string of the molecule is COC(=O)c1cc([B]OC(C)(C)C(C)(C)C)cc(C(=O)NCCCN(C)C)c1. The molecule has 0 aromatic heterocycles. The quantitative estimate of drug-likeness (QED) is 0.399. The highest BCUT2D eigenvalue weighted by atomic mass is 16.5. The minimum atomic E-state index is -0.494. The van der Waals surface area contributed by atoms with Crippen molar-refractivity contribution in [3.05, 3.63) is 29.3 Å². The van der Waals surface area contributed by atoms with E-state index in [4.69, 9.17) is 9.39 Å². The fourth-order valence-corrected chi connectivity index (χ4v) is 2.18. The molecule has 6 nitrogen and oxygen atoms in total. The molecule has 1 N–H and O–H groups in total. The van der Waals surface area contributed by atoms with Crippen LogP contribution >= 0.6 is 0 Å². The van der Waals surface area contributed by atoms with Crippen LogP contribution in [0, 0.1) is 5.41 Å². The third-order valence-electron chi connectivity index (χ3n) is 5.00. The van der Waals surface area contributed by atoms with Crippen molar-refractivity contribution in [3.8, 4) is 0 Å². The molecule has 0 aliphatic carbocycles. The van der Waals surface area contributed by atoms with Gasteiger partial charge in [0, 0.05) is 12.1 Å². The van der Waals surface area contributed by atoms with E-state index in [1.807, 2.05) is 27.9 Å². The zero-order chi connectivity index (χ0) is 21.5. The van der Waals surface area contributed by atoms with Gasteiger partial charge >= 0.3 is 13.5 Å². The van der Waals surface area contributed by atoms with E-state index in [9.17, 15) is 9.59 Å². The number of hydrogen-bond acceptors (Lipinski definition) is 5. The van der Waals surface area contributed by atoms with Gasteiger partial charge in [-0.3, -0.25) is 4.79 Å². The summed E-state index contributed by atoms with van der Waals surface area (Å²) in [6, 6.07) is 4.92. The molecular weight excluding hydrogens is 355 g/mol. The first kappa shape index (κ1) is 24.2. The lowest BCUT2D eigenvalue weighted by Crippen LogP contribution is -2.42. The first-order valence-corrected chi connectivity index (χ1v) is 9.55. The summed E-state index contributed by atoms with van der Waals surface area (Å²) in [4.78, 5) is 26.6. The molecular formula is C21H34BN2O4. The third-order valence-corrected chi connectivity index (χ3v) is 5.00. The molecule has 1 aromatic rings. The van der Waals surface area contributed by atoms with Crippen molar-refractivity contribution in [2.75, 3.05) is 34.3 Å². The van der Waals surface area contributed by atoms with Crippen LogP contribution in [0.3, 0.4) is 0 Å². The predicted octanol–water partition coefficient (Wildman–Crippen LogP) is 2.24. The molecule has 0 unspecified atom stereocenters. The van der Waals surface area contributed by atoms with Crippen molar-refractivity contribution in [2.45, 2.75) is 46.6 Å². The molecule has 0 bridgehead atoms. The number of hydrogen-bond donors (Lipinski definition) is 1. The molecule has 0 heterocycles. The third kappa shape index (κ3) is 7.28. The summed E-state index contributed by atoms with van der Waals surface area (Å²) in [7, 11) is 6.89. The molecule has 0 fully saturated rings. The van der Waals surface area contributed by atoms with Crippen molar-refractivity contribution < 1.29 is 19.0 Å². The lowest BCUT2D eigenvalue weighted by molar-refractivity contribution is 0.00504. The number of amides is 1. The number of benzene rings is 1. The van der Waals surface area contributed by atoms with Crippen molar-refractivity contribution >= 4 is 24.8 Å². The van der Waals surface area contributed by atoms with Crippen LogP contribution in [0.4, 0.5) is 0 Å². The van der Waals surface area contributed by atoms with Gasteiger partial charge < -0.3 is 19.6 Å². The molecule has 0 aliphatic rings. The van der Waals surface area contributed by atoms with Crippen LogP contribution in [-0.4, -0.2) is 64.2 Å². The summed E-state index contributed by atoms with van der Waals surface area (Å²) in [5.74, 6) is -0.721. The second-order valence-electron chi connectivity index (χ2n) is 8.74. The number of esters is 1. The van der Waals surface area contributed by atoms with E-state index in [0.717, 1.165) is 13.0 Å². The van der Waals surface area contributed by atoms with Crippen molar-refractivity contribution in [1.82, 2.24) is 10.2 Å². The van der Waals surface area contributed by atoms with Crippen LogP contribution in [0.2, 0.25) is 0 Å². The fraction of sp³-hybridized carbons (Fsp3) is 0.619. The summed E-state index contributed by atoms with van der Waals surface area (Å²) in [6.07, 6.45) is 0.845. The highest BCUT2D eigenvalue weighted by Crippen LogP contribution is 2.32. The Hall–Kier alpha value is -1.86. The Morgan fingerprint density at radius 2 is 1.68 bits per heavy atom. The minimum absolute atomic E-state index is 0.0872. The van der Waals surface area contributed by atoms with Crippen LogP contribution in [0.1, 0.15) is 61.8 Å². The molecule has 0 aliphatic heterocycles. The van der Waals surface area contributed by atoms with Gasteiger partial charge in [-0.15, -0.1) is 0 Å². The molecule has 7 heteroatoms. The zero-order valence-corrected chi connectivity index (χ0v) is 18.5. The monoisotopic (exact) mass is 389 g/mol. The highest BCUT2D eigenvalue weighted by Gasteiger charge is 2.33. The Kier molecular flexibility index (Phi) is 8.70. The number of nitrogens with one attached hydrogen (secondary N) is 1. The van der Waals surface area contributed by atoms with Gasteiger partial charge in [0.05, 0.1) is 18.3 Å². The highest BCUT2D eigenvalue weighted by molar-refractivity contribution is 6.47. The molecule has 1 rings (SSSR count). The van der Waals surface area contributed by atoms with Crippen molar-refractivity contribution in [1.29, 1.82) is 0 Å². The van der Waals surface area contributed by atoms with Gasteiger partial charge in [-0.1, -0.05) is 38.4 Å². The van der Waals surface area contributed by atoms with E-state index in [1.54, 1.807) is 25.7 Å². The summed E-state index contributed by atoms with van der Waals surface area (Å²) >= 11 is 0. The Labute approximate surface area is 170 Å². The van der Waals surface area contributed by atoms with E-state index >= 15 is 0 Å². The summed E-state index contributed by atoms with van der Waals surface area (Å²) in [6.45, 7) is 11.7. The average molecular weight is 389 g/mol. The average Bonchev–Trinajstić information content (AvgIpc) is 2.61. The lowest BCUT2D eigenvalue weighted by Gasteiger charge is -2.39. The number of carbonyl (C=O) groups is 2. The Bertz CT molecular complexity index is 681. The molecule has 0 saturated heterocycles. The second-order valence-corrected chi connectivity index (χ2v) is 8.74. The summed E-state index contributed by atoms with van der Waals surface area (Å²) in [5.41, 5.74) is 0.834. The molecule has 155 valence electrons. The van der Waals surface area contributed by atoms with Crippen molar-refractivity contribution in [3.63, 3.8) is 0 Å². The van der Waals surface area contributed by atoms with E-state index < -0.39 is 11.6 Å². The van der Waals surface area contributed by atoms with Gasteiger partial charge in [-0.25, -0.2) is 4.79 Å². The first-order chi connectivity index (χ1) is 12.9. The minimum Gasteiger partial charge on any atom is -0.465 e. The number of nitrogens with zero attached hydrogens (tertiary/aromatic N) is 1. The van der Waals surface area contributed by atoms with Crippen LogP contribution in [0.5, 0.6) is 0 Å². The summed E-state index contributed by atoms with van der Waals surface area (Å²) in [5, 5.41) is 2.89. The molecule has 28 heavy (non-hydrogen) atoms. The van der Waals surface area contributed by atoms with Crippen LogP contribution in [0.25, 0.3) is 0 Å². The number of ether oxygens (including phenoxy) is 1. The standard InChI is InChI=1S/C21H34BN2O4/c1-20(2,3)21(4,5)28-22-17-13-15(12-16(14-17)19(26)27-8)18(25)23-10-9-11-24(6)7/h12-14H,9-11H2,1-8H3,(H,23,25). The van der Waals surface area contributed by atoms with E-state index in [-0.39, 0.29) is 11.3 Å². The molecule has 0 atom stereocenters. The summed E-state index contributed by atoms with van der Waals surface area (Å²) < 4.78 is 10.8. The normalized spacial score (nSPS) is 12.0. The van der Waals surface area contributed by atoms with Gasteiger partial charge in [-0.05, 0) is 52.4 Å². The van der Waals surface area contributed by atoms with Gasteiger partial charge in [0.25, 0.3) is 5.91 Å². The van der Waals surface area contributed by atoms with Gasteiger partial charge in [0.15, 0.2) is 0 Å². The molecule has 0 spiro atoms. The Balaban J connectivity index is 2.97. The number of carbonyl (C=O) groups excluding carboxylic acids is 2. The van der Waals surface area contributed by atoms with E-state index in [1.165, 1.54) is 7.11 Å². The van der Waals surface area contributed by atoms with Gasteiger partial charge in [0.2, 0.25) is 0 Å². The van der Waals surface area contributed by atoms with Gasteiger partial charge in [-0.2, -0.15) is 0 Å². The van der Waals surface area contributed by atoms with Gasteiger partial charge in [0.1, 0.15) is 0 Å². The largest absolute Gasteiger partial charge is 0.465 e. The molecule has 0 saturated carbocycles. The van der Waals surface area contributed by atoms with Crippen LogP contribution < -0.4 is 10.8 Å². The topological polar surface area (TPSA) is 67.9 Å². The fourth-order valence-electron chi connectivity index (χ4n) is 2.18. The van der Waals surface area contributed by atoms with Crippen LogP contribution in [-0.2, 0) is 9.39 Å². The second kappa shape index (κ2) is 10.1.